The summed E-state index contributed by atoms with van der Waals surface area (Å²) in [6, 6.07) is 8.61. The molecule has 2 rings (SSSR count). The highest BCUT2D eigenvalue weighted by molar-refractivity contribution is 5.28. The molecule has 0 radical (unpaired) electrons. The van der Waals surface area contributed by atoms with Crippen LogP contribution < -0.4 is 10.5 Å². The highest BCUT2D eigenvalue weighted by Crippen LogP contribution is 2.30. The molecule has 3 atom stereocenters. The molecule has 0 spiro atoms. The van der Waals surface area contributed by atoms with Crippen LogP contribution in [-0.4, -0.2) is 12.1 Å². The van der Waals surface area contributed by atoms with E-state index in [0.29, 0.717) is 0 Å². The number of rotatable bonds is 5. The van der Waals surface area contributed by atoms with Gasteiger partial charge in [-0.3, -0.25) is 0 Å². The maximum absolute atomic E-state index is 6.23. The van der Waals surface area contributed by atoms with E-state index in [1.807, 2.05) is 0 Å². The van der Waals surface area contributed by atoms with Crippen LogP contribution in [0.25, 0.3) is 0 Å². The smallest absolute Gasteiger partial charge is 0.120 e. The van der Waals surface area contributed by atoms with E-state index in [2.05, 4.69) is 38.1 Å². The molecule has 2 N–H and O–H groups in total. The summed E-state index contributed by atoms with van der Waals surface area (Å²) in [5.41, 5.74) is 7.56. The van der Waals surface area contributed by atoms with Gasteiger partial charge in [-0.1, -0.05) is 38.8 Å². The zero-order valence-electron chi connectivity index (χ0n) is 12.3. The van der Waals surface area contributed by atoms with E-state index >= 15 is 0 Å². The molecule has 1 saturated carbocycles. The van der Waals surface area contributed by atoms with Crippen LogP contribution in [0, 0.1) is 5.92 Å². The zero-order chi connectivity index (χ0) is 13.7. The molecule has 2 nitrogen and oxygen atoms in total. The lowest BCUT2D eigenvalue weighted by molar-refractivity contribution is 0.0992. The number of ether oxygens (including phenoxy) is 1. The molecule has 0 amide bonds. The molecule has 3 unspecified atom stereocenters. The van der Waals surface area contributed by atoms with Gasteiger partial charge < -0.3 is 10.5 Å². The van der Waals surface area contributed by atoms with E-state index in [0.717, 1.165) is 30.9 Å². The van der Waals surface area contributed by atoms with Gasteiger partial charge in [0.15, 0.2) is 0 Å². The first-order valence-electron chi connectivity index (χ1n) is 7.74. The Bertz CT molecular complexity index is 391. The Hall–Kier alpha value is -1.02. The minimum atomic E-state index is 0.192. The Kier molecular flexibility index (Phi) is 5.26. The summed E-state index contributed by atoms with van der Waals surface area (Å²) in [5, 5.41) is 0. The van der Waals surface area contributed by atoms with Gasteiger partial charge in [-0.2, -0.15) is 0 Å². The van der Waals surface area contributed by atoms with E-state index < -0.39 is 0 Å². The molecule has 0 bridgehead atoms. The predicted octanol–water partition coefficient (Wildman–Crippen LogP) is 3.92. The van der Waals surface area contributed by atoms with E-state index in [1.165, 1.54) is 24.8 Å². The lowest BCUT2D eigenvalue weighted by Gasteiger charge is -2.34. The van der Waals surface area contributed by atoms with Crippen molar-refractivity contribution in [2.24, 2.45) is 11.7 Å². The Morgan fingerprint density at radius 2 is 2.11 bits per heavy atom. The normalized spacial score (nSPS) is 27.2. The van der Waals surface area contributed by atoms with Gasteiger partial charge in [0.25, 0.3) is 0 Å². The van der Waals surface area contributed by atoms with Gasteiger partial charge in [0, 0.05) is 6.04 Å². The quantitative estimate of drug-likeness (QED) is 0.871. The minimum Gasteiger partial charge on any atom is -0.489 e. The zero-order valence-corrected chi connectivity index (χ0v) is 12.3. The Balaban J connectivity index is 1.99. The molecule has 1 aliphatic rings. The van der Waals surface area contributed by atoms with Crippen molar-refractivity contribution in [3.8, 4) is 5.75 Å². The molecule has 1 fully saturated rings. The molecular formula is C17H27NO. The van der Waals surface area contributed by atoms with Crippen LogP contribution in [0.5, 0.6) is 5.75 Å². The third kappa shape index (κ3) is 3.97. The van der Waals surface area contributed by atoms with E-state index in [4.69, 9.17) is 10.5 Å². The van der Waals surface area contributed by atoms with Crippen LogP contribution in [0.2, 0.25) is 0 Å². The molecule has 1 aliphatic carbocycles. The Morgan fingerprint density at radius 3 is 2.84 bits per heavy atom. The topological polar surface area (TPSA) is 35.2 Å². The minimum absolute atomic E-state index is 0.192. The SMILES string of the molecule is CCCC1CCC(N)C(Oc2cccc(CC)c2)C1. The number of benzene rings is 1. The summed E-state index contributed by atoms with van der Waals surface area (Å²) in [4.78, 5) is 0. The van der Waals surface area contributed by atoms with Crippen LogP contribution in [0.15, 0.2) is 24.3 Å². The van der Waals surface area contributed by atoms with Crippen molar-refractivity contribution in [3.63, 3.8) is 0 Å². The molecule has 19 heavy (non-hydrogen) atoms. The monoisotopic (exact) mass is 261 g/mol. The van der Waals surface area contributed by atoms with Gasteiger partial charge in [0.05, 0.1) is 0 Å². The fourth-order valence-electron chi connectivity index (χ4n) is 3.05. The van der Waals surface area contributed by atoms with Crippen molar-refractivity contribution in [2.75, 3.05) is 0 Å². The van der Waals surface area contributed by atoms with Crippen LogP contribution >= 0.6 is 0 Å². The molecule has 1 aromatic carbocycles. The maximum Gasteiger partial charge on any atom is 0.120 e. The largest absolute Gasteiger partial charge is 0.489 e. The molecule has 2 heteroatoms. The van der Waals surface area contributed by atoms with Crippen molar-refractivity contribution < 1.29 is 4.74 Å². The highest BCUT2D eigenvalue weighted by atomic mass is 16.5. The summed E-state index contributed by atoms with van der Waals surface area (Å²) in [7, 11) is 0. The second kappa shape index (κ2) is 6.95. The van der Waals surface area contributed by atoms with Gasteiger partial charge in [-0.15, -0.1) is 0 Å². The lowest BCUT2D eigenvalue weighted by Crippen LogP contribution is -2.43. The van der Waals surface area contributed by atoms with Crippen LogP contribution in [-0.2, 0) is 6.42 Å². The fourth-order valence-corrected chi connectivity index (χ4v) is 3.05. The summed E-state index contributed by atoms with van der Waals surface area (Å²) in [6.45, 7) is 4.43. The van der Waals surface area contributed by atoms with Gasteiger partial charge in [0.1, 0.15) is 11.9 Å². The number of nitrogens with two attached hydrogens (primary N) is 1. The summed E-state index contributed by atoms with van der Waals surface area (Å²) >= 11 is 0. The van der Waals surface area contributed by atoms with Crippen molar-refractivity contribution in [1.82, 2.24) is 0 Å². The molecule has 106 valence electrons. The summed E-state index contributed by atoms with van der Waals surface area (Å²) in [5.74, 6) is 1.78. The maximum atomic E-state index is 6.23. The van der Waals surface area contributed by atoms with E-state index in [-0.39, 0.29) is 12.1 Å². The molecule has 0 heterocycles. The summed E-state index contributed by atoms with van der Waals surface area (Å²) in [6.07, 6.45) is 7.29. The van der Waals surface area contributed by atoms with Crippen molar-refractivity contribution >= 4 is 0 Å². The van der Waals surface area contributed by atoms with E-state index in [9.17, 15) is 0 Å². The van der Waals surface area contributed by atoms with Crippen molar-refractivity contribution in [3.05, 3.63) is 29.8 Å². The second-order valence-corrected chi connectivity index (χ2v) is 5.79. The first-order chi connectivity index (χ1) is 9.22. The first kappa shape index (κ1) is 14.4. The molecule has 1 aromatic rings. The molecule has 0 aliphatic heterocycles. The third-order valence-corrected chi connectivity index (χ3v) is 4.24. The standard InChI is InChI=1S/C17H27NO/c1-3-6-14-9-10-16(18)17(12-14)19-15-8-5-7-13(4-2)11-15/h5,7-8,11,14,16-17H,3-4,6,9-10,12,18H2,1-2H3. The second-order valence-electron chi connectivity index (χ2n) is 5.79. The highest BCUT2D eigenvalue weighted by Gasteiger charge is 2.29. The fraction of sp³-hybridized carbons (Fsp3) is 0.647. The Labute approximate surface area is 117 Å². The van der Waals surface area contributed by atoms with Gasteiger partial charge >= 0.3 is 0 Å². The number of hydrogen-bond donors (Lipinski definition) is 1. The molecule has 0 saturated heterocycles. The lowest BCUT2D eigenvalue weighted by atomic mass is 9.82. The molecule has 0 aromatic heterocycles. The molecular weight excluding hydrogens is 234 g/mol. The van der Waals surface area contributed by atoms with Crippen LogP contribution in [0.4, 0.5) is 0 Å². The number of aryl methyl sites for hydroxylation is 1. The van der Waals surface area contributed by atoms with Crippen molar-refractivity contribution in [2.45, 2.75) is 64.5 Å². The average molecular weight is 261 g/mol. The first-order valence-corrected chi connectivity index (χ1v) is 7.74. The van der Waals surface area contributed by atoms with Gasteiger partial charge in [-0.05, 0) is 49.3 Å². The average Bonchev–Trinajstić information content (AvgIpc) is 2.43. The number of hydrogen-bond acceptors (Lipinski definition) is 2. The van der Waals surface area contributed by atoms with Gasteiger partial charge in [-0.25, -0.2) is 0 Å². The van der Waals surface area contributed by atoms with Crippen LogP contribution in [0.1, 0.15) is 51.5 Å². The van der Waals surface area contributed by atoms with Crippen LogP contribution in [0.3, 0.4) is 0 Å². The Morgan fingerprint density at radius 1 is 1.26 bits per heavy atom. The van der Waals surface area contributed by atoms with E-state index in [1.54, 1.807) is 0 Å². The van der Waals surface area contributed by atoms with Gasteiger partial charge in [0.2, 0.25) is 0 Å². The third-order valence-electron chi connectivity index (χ3n) is 4.24. The predicted molar refractivity (Wildman–Crippen MR) is 80.5 cm³/mol. The summed E-state index contributed by atoms with van der Waals surface area (Å²) < 4.78 is 6.16. The van der Waals surface area contributed by atoms with Crippen molar-refractivity contribution in [1.29, 1.82) is 0 Å².